The summed E-state index contributed by atoms with van der Waals surface area (Å²) < 4.78 is 54.1. The molecule has 0 saturated carbocycles. The number of ether oxygens (including phenoxy) is 4. The zero-order chi connectivity index (χ0) is 28.3. The van der Waals surface area contributed by atoms with Crippen molar-refractivity contribution in [1.29, 1.82) is 0 Å². The monoisotopic (exact) mass is 568 g/mol. The molecule has 216 valence electrons. The fourth-order valence-electron chi connectivity index (χ4n) is 4.50. The highest BCUT2D eigenvalue weighted by molar-refractivity contribution is 7.85. The fraction of sp³-hybridized carbons (Fsp3) is 0.438. The summed E-state index contributed by atoms with van der Waals surface area (Å²) in [7, 11) is -4.17. The van der Waals surface area contributed by atoms with Gasteiger partial charge >= 0.3 is 0 Å². The molecular formula is C32H40O7S. The molecule has 1 N–H and O–H groups in total. The maximum atomic E-state index is 11.1. The molecule has 3 aromatic rings. The Balaban J connectivity index is 1.04. The topological polar surface area (TPSA) is 91.3 Å². The van der Waals surface area contributed by atoms with Crippen LogP contribution < -0.4 is 14.2 Å². The van der Waals surface area contributed by atoms with Crippen molar-refractivity contribution in [1.82, 2.24) is 0 Å². The van der Waals surface area contributed by atoms with E-state index in [1.54, 1.807) is 12.1 Å². The number of benzene rings is 3. The molecule has 0 unspecified atom stereocenters. The van der Waals surface area contributed by atoms with Gasteiger partial charge in [0.05, 0.1) is 43.3 Å². The number of unbranched alkanes of at least 4 members (excludes halogenated alkanes) is 5. The number of rotatable bonds is 17. The first-order chi connectivity index (χ1) is 19.4. The highest BCUT2D eigenvalue weighted by Crippen LogP contribution is 2.32. The summed E-state index contributed by atoms with van der Waals surface area (Å²) >= 11 is 0. The average molecular weight is 569 g/mol. The summed E-state index contributed by atoms with van der Waals surface area (Å²) in [5, 5.41) is 0. The molecule has 0 atom stereocenters. The smallest absolute Gasteiger partial charge is 0.294 e. The molecule has 1 saturated heterocycles. The van der Waals surface area contributed by atoms with E-state index in [2.05, 4.69) is 31.2 Å². The summed E-state index contributed by atoms with van der Waals surface area (Å²) in [5.74, 6) is 2.38. The molecule has 1 heterocycles. The Morgan fingerprint density at radius 3 is 1.50 bits per heavy atom. The predicted molar refractivity (Wildman–Crippen MR) is 156 cm³/mol. The van der Waals surface area contributed by atoms with Crippen LogP contribution in [0.1, 0.15) is 51.9 Å². The van der Waals surface area contributed by atoms with Crippen molar-refractivity contribution in [2.24, 2.45) is 5.41 Å². The lowest BCUT2D eigenvalue weighted by atomic mass is 9.84. The van der Waals surface area contributed by atoms with Crippen LogP contribution in [0.3, 0.4) is 0 Å². The summed E-state index contributed by atoms with van der Waals surface area (Å²) in [5.41, 5.74) is 2.48. The Labute approximate surface area is 238 Å². The van der Waals surface area contributed by atoms with Crippen molar-refractivity contribution in [3.05, 3.63) is 72.8 Å². The molecule has 1 fully saturated rings. The molecule has 3 aromatic carbocycles. The number of hydrogen-bond donors (Lipinski definition) is 1. The lowest BCUT2D eigenvalue weighted by Gasteiger charge is -2.40. The van der Waals surface area contributed by atoms with E-state index in [-0.39, 0.29) is 10.3 Å². The van der Waals surface area contributed by atoms with E-state index in [9.17, 15) is 8.42 Å². The van der Waals surface area contributed by atoms with Crippen molar-refractivity contribution >= 4 is 10.1 Å². The molecular weight excluding hydrogens is 528 g/mol. The minimum atomic E-state index is -4.17. The van der Waals surface area contributed by atoms with Gasteiger partial charge in [-0.05, 0) is 78.9 Å². The molecule has 0 spiro atoms. The van der Waals surface area contributed by atoms with E-state index >= 15 is 0 Å². The van der Waals surface area contributed by atoms with Gasteiger partial charge in [-0.25, -0.2) is 0 Å². The minimum absolute atomic E-state index is 0.131. The highest BCUT2D eigenvalue weighted by Gasteiger charge is 2.37. The standard InChI is InChI=1S/C32H40O7S/c1-2-32(23-36-24-32)25-39-30-15-11-27(12-16-30)26-9-13-28(14-10-26)37-21-7-5-3-4-6-8-22-38-29-17-19-31(20-18-29)40(33,34)35/h9-20H,2-8,21-25H2,1H3,(H,33,34,35). The van der Waals surface area contributed by atoms with Gasteiger partial charge in [0.1, 0.15) is 17.2 Å². The van der Waals surface area contributed by atoms with Gasteiger partial charge in [0, 0.05) is 0 Å². The quantitative estimate of drug-likeness (QED) is 0.136. The molecule has 0 aliphatic carbocycles. The van der Waals surface area contributed by atoms with Crippen molar-refractivity contribution in [3.63, 3.8) is 0 Å². The number of hydrogen-bond acceptors (Lipinski definition) is 6. The Kier molecular flexibility index (Phi) is 10.9. The minimum Gasteiger partial charge on any atom is -0.494 e. The van der Waals surface area contributed by atoms with Crippen molar-refractivity contribution < 1.29 is 31.9 Å². The van der Waals surface area contributed by atoms with E-state index in [0.29, 0.717) is 25.6 Å². The molecule has 4 rings (SSSR count). The molecule has 0 amide bonds. The molecule has 0 aromatic heterocycles. The van der Waals surface area contributed by atoms with Gasteiger partial charge in [-0.1, -0.05) is 56.9 Å². The molecule has 0 radical (unpaired) electrons. The predicted octanol–water partition coefficient (Wildman–Crippen LogP) is 7.20. The van der Waals surface area contributed by atoms with Crippen molar-refractivity contribution in [2.45, 2.75) is 56.8 Å². The SMILES string of the molecule is CCC1(COc2ccc(-c3ccc(OCCCCCCCCOc4ccc(S(=O)(=O)O)cc4)cc3)cc2)COC1. The van der Waals surface area contributed by atoms with Crippen LogP contribution in [0.25, 0.3) is 11.1 Å². The van der Waals surface area contributed by atoms with Crippen molar-refractivity contribution in [2.75, 3.05) is 33.0 Å². The molecule has 1 aliphatic heterocycles. The molecule has 1 aliphatic rings. The first-order valence-electron chi connectivity index (χ1n) is 14.1. The third kappa shape index (κ3) is 8.98. The highest BCUT2D eigenvalue weighted by atomic mass is 32.2. The first-order valence-corrected chi connectivity index (χ1v) is 15.6. The van der Waals surface area contributed by atoms with E-state index in [4.69, 9.17) is 23.5 Å². The largest absolute Gasteiger partial charge is 0.494 e. The normalized spacial score (nSPS) is 14.3. The second kappa shape index (κ2) is 14.5. The van der Waals surface area contributed by atoms with Crippen LogP contribution in [0.15, 0.2) is 77.7 Å². The van der Waals surface area contributed by atoms with Gasteiger partial charge in [-0.15, -0.1) is 0 Å². The van der Waals surface area contributed by atoms with Crippen LogP contribution in [0.2, 0.25) is 0 Å². The Morgan fingerprint density at radius 2 is 1.10 bits per heavy atom. The third-order valence-electron chi connectivity index (χ3n) is 7.35. The summed E-state index contributed by atoms with van der Waals surface area (Å²) in [6.45, 7) is 5.75. The van der Waals surface area contributed by atoms with Gasteiger partial charge in [0.25, 0.3) is 10.1 Å². The van der Waals surface area contributed by atoms with E-state index in [1.165, 1.54) is 12.1 Å². The Morgan fingerprint density at radius 1 is 0.675 bits per heavy atom. The van der Waals surface area contributed by atoms with Crippen LogP contribution in [0.5, 0.6) is 17.2 Å². The van der Waals surface area contributed by atoms with Gasteiger partial charge in [-0.3, -0.25) is 4.55 Å². The first kappa shape index (κ1) is 29.9. The summed E-state index contributed by atoms with van der Waals surface area (Å²) in [6.07, 6.45) is 7.51. The zero-order valence-corrected chi connectivity index (χ0v) is 24.0. The molecule has 0 bridgehead atoms. The maximum absolute atomic E-state index is 11.1. The van der Waals surface area contributed by atoms with Crippen LogP contribution in [0.4, 0.5) is 0 Å². The van der Waals surface area contributed by atoms with Crippen LogP contribution in [-0.4, -0.2) is 46.0 Å². The van der Waals surface area contributed by atoms with E-state index in [1.807, 2.05) is 24.3 Å². The van der Waals surface area contributed by atoms with Crippen molar-refractivity contribution in [3.8, 4) is 28.4 Å². The van der Waals surface area contributed by atoms with Crippen LogP contribution in [-0.2, 0) is 14.9 Å². The van der Waals surface area contributed by atoms with Gasteiger partial charge < -0.3 is 18.9 Å². The lowest BCUT2D eigenvalue weighted by molar-refractivity contribution is -0.133. The van der Waals surface area contributed by atoms with Gasteiger partial charge in [0.15, 0.2) is 0 Å². The van der Waals surface area contributed by atoms with Gasteiger partial charge in [0.2, 0.25) is 0 Å². The van der Waals surface area contributed by atoms with Crippen LogP contribution in [0, 0.1) is 5.41 Å². The average Bonchev–Trinajstić information content (AvgIpc) is 2.94. The molecule has 7 nitrogen and oxygen atoms in total. The molecule has 40 heavy (non-hydrogen) atoms. The van der Waals surface area contributed by atoms with Crippen LogP contribution >= 0.6 is 0 Å². The Bertz CT molecular complexity index is 1260. The summed E-state index contributed by atoms with van der Waals surface area (Å²) in [6, 6.07) is 22.3. The van der Waals surface area contributed by atoms with E-state index < -0.39 is 10.1 Å². The third-order valence-corrected chi connectivity index (χ3v) is 8.22. The van der Waals surface area contributed by atoms with E-state index in [0.717, 1.165) is 80.8 Å². The second-order valence-corrected chi connectivity index (χ2v) is 11.9. The van der Waals surface area contributed by atoms with Gasteiger partial charge in [-0.2, -0.15) is 8.42 Å². The lowest BCUT2D eigenvalue weighted by Crippen LogP contribution is -2.46. The zero-order valence-electron chi connectivity index (χ0n) is 23.2. The maximum Gasteiger partial charge on any atom is 0.294 e. The fourth-order valence-corrected chi connectivity index (χ4v) is 4.98. The second-order valence-electron chi connectivity index (χ2n) is 10.4. The Hall–Kier alpha value is -3.07. The molecule has 8 heteroatoms. The summed E-state index contributed by atoms with van der Waals surface area (Å²) in [4.78, 5) is -0.131.